The number of carboxylic acid groups (broad SMARTS) is 1. The number of alkyl carbamates (subject to hydrolysis) is 1. The van der Waals surface area contributed by atoms with Gasteiger partial charge in [-0.2, -0.15) is 4.31 Å². The van der Waals surface area contributed by atoms with Gasteiger partial charge in [0.15, 0.2) is 5.13 Å². The monoisotopic (exact) mass is 963 g/mol. The van der Waals surface area contributed by atoms with Gasteiger partial charge in [0.25, 0.3) is 0 Å². The molecule has 1 aliphatic carbocycles. The molecule has 1 aromatic carbocycles. The van der Waals surface area contributed by atoms with E-state index in [1.54, 1.807) is 36.8 Å². The predicted molar refractivity (Wildman–Crippen MR) is 250 cm³/mol. The number of carbonyl (C=O) groups excluding carboxylic acids is 3. The highest BCUT2D eigenvalue weighted by Crippen LogP contribution is 2.46. The molecule has 1 unspecified atom stereocenters. The number of thiophene rings is 1. The number of aromatic nitrogens is 2. The zero-order valence-corrected chi connectivity index (χ0v) is 40.3. The molecule has 2 fully saturated rings. The molecule has 0 spiro atoms. The molecule has 3 aromatic heterocycles. The number of thiazole rings is 1. The molecule has 3 amide bonds. The van der Waals surface area contributed by atoms with Crippen LogP contribution < -0.4 is 25.4 Å². The first-order valence-corrected chi connectivity index (χ1v) is 25.5. The normalized spacial score (nSPS) is 24.9. The third kappa shape index (κ3) is 9.87. The zero-order chi connectivity index (χ0) is 47.1. The SMILES string of the molecule is COc1ccc2c(O[C@@H]3C[C@H]4C(=O)N[C@]5(C(=O)O)CC5C=CCCCCC[C@H](NC(=O)O[C@H](CN5Cc6sccc6S5(=O)=O)C(C)(C)C)C(=O)N4C3)cc(-c3csc(NC(C)C)n3)nc2c1. The van der Waals surface area contributed by atoms with Crippen LogP contribution in [0, 0.1) is 11.3 Å². The van der Waals surface area contributed by atoms with Gasteiger partial charge in [0, 0.05) is 58.1 Å². The third-order valence-electron chi connectivity index (χ3n) is 12.6. The molecule has 0 bridgehead atoms. The Balaban J connectivity index is 1.08. The summed E-state index contributed by atoms with van der Waals surface area (Å²) < 4.78 is 46.4. The lowest BCUT2D eigenvalue weighted by atomic mass is 9.89. The van der Waals surface area contributed by atoms with Crippen molar-refractivity contribution in [2.45, 2.75) is 127 Å². The first-order valence-electron chi connectivity index (χ1n) is 22.3. The van der Waals surface area contributed by atoms with Gasteiger partial charge in [-0.25, -0.2) is 28.0 Å². The van der Waals surface area contributed by atoms with E-state index in [1.165, 1.54) is 31.9 Å². The highest BCUT2D eigenvalue weighted by molar-refractivity contribution is 7.89. The zero-order valence-electron chi connectivity index (χ0n) is 37.9. The predicted octanol–water partition coefficient (Wildman–Crippen LogP) is 6.79. The van der Waals surface area contributed by atoms with Crippen LogP contribution in [0.3, 0.4) is 0 Å². The number of benzene rings is 1. The number of methoxy groups -OCH3 is 1. The number of hydrogen-bond donors (Lipinski definition) is 4. The van der Waals surface area contributed by atoms with E-state index < -0.39 is 75.1 Å². The highest BCUT2D eigenvalue weighted by Gasteiger charge is 2.61. The van der Waals surface area contributed by atoms with Gasteiger partial charge in [-0.3, -0.25) is 9.59 Å². The lowest BCUT2D eigenvalue weighted by Crippen LogP contribution is -2.56. The van der Waals surface area contributed by atoms with Crippen molar-refractivity contribution < 1.29 is 46.9 Å². The molecule has 3 aliphatic heterocycles. The molecule has 0 radical (unpaired) electrons. The smallest absolute Gasteiger partial charge is 0.408 e. The number of fused-ring (bicyclic) bond motifs is 4. The van der Waals surface area contributed by atoms with Crippen molar-refractivity contribution in [2.24, 2.45) is 11.3 Å². The van der Waals surface area contributed by atoms with E-state index in [9.17, 15) is 32.7 Å². The van der Waals surface area contributed by atoms with Crippen molar-refractivity contribution >= 4 is 72.6 Å². The Morgan fingerprint density at radius 3 is 2.61 bits per heavy atom. The fraction of sp³-hybridized carbons (Fsp3) is 0.522. The molecule has 17 nitrogen and oxygen atoms in total. The third-order valence-corrected chi connectivity index (χ3v) is 16.3. The minimum Gasteiger partial charge on any atom is -0.497 e. The number of hydrogen-bond acceptors (Lipinski definition) is 14. The Bertz CT molecular complexity index is 2640. The van der Waals surface area contributed by atoms with Gasteiger partial charge in [-0.15, -0.1) is 22.7 Å². The minimum atomic E-state index is -3.78. The number of nitrogens with zero attached hydrogens (tertiary/aromatic N) is 4. The summed E-state index contributed by atoms with van der Waals surface area (Å²) in [6, 6.07) is 6.62. The number of carboxylic acids is 1. The molecule has 8 rings (SSSR count). The van der Waals surface area contributed by atoms with Crippen LogP contribution in [-0.2, 0) is 35.7 Å². The summed E-state index contributed by atoms with van der Waals surface area (Å²) in [7, 11) is -2.22. The van der Waals surface area contributed by atoms with Gasteiger partial charge in [0.05, 0.1) is 36.3 Å². The Morgan fingerprint density at radius 1 is 1.08 bits per heavy atom. The Hall–Kier alpha value is -5.31. The van der Waals surface area contributed by atoms with Crippen LogP contribution >= 0.6 is 22.7 Å². The van der Waals surface area contributed by atoms with Crippen LogP contribution in [0.2, 0.25) is 0 Å². The average molecular weight is 964 g/mol. The molecule has 6 atom stereocenters. The maximum absolute atomic E-state index is 15.0. The van der Waals surface area contributed by atoms with Crippen LogP contribution in [0.15, 0.2) is 58.1 Å². The molecule has 1 saturated heterocycles. The van der Waals surface area contributed by atoms with Crippen molar-refractivity contribution in [3.05, 3.63) is 58.1 Å². The lowest BCUT2D eigenvalue weighted by molar-refractivity contribution is -0.145. The van der Waals surface area contributed by atoms with Crippen molar-refractivity contribution in [1.82, 2.24) is 29.8 Å². The van der Waals surface area contributed by atoms with E-state index in [-0.39, 0.29) is 49.8 Å². The quantitative estimate of drug-likeness (QED) is 0.114. The number of amides is 3. The number of nitrogens with one attached hydrogen (secondary N) is 3. The van der Waals surface area contributed by atoms with E-state index in [1.807, 2.05) is 58.2 Å². The van der Waals surface area contributed by atoms with E-state index in [0.717, 1.165) is 11.6 Å². The van der Waals surface area contributed by atoms with Crippen LogP contribution in [0.4, 0.5) is 9.93 Å². The Labute approximate surface area is 392 Å². The van der Waals surface area contributed by atoms with Crippen LogP contribution in [0.5, 0.6) is 11.5 Å². The molecule has 4 N–H and O–H groups in total. The fourth-order valence-electron chi connectivity index (χ4n) is 8.76. The fourth-order valence-corrected chi connectivity index (χ4v) is 12.5. The summed E-state index contributed by atoms with van der Waals surface area (Å²) in [6.45, 7) is 9.59. The summed E-state index contributed by atoms with van der Waals surface area (Å²) >= 11 is 2.80. The summed E-state index contributed by atoms with van der Waals surface area (Å²) in [5, 5.41) is 24.3. The van der Waals surface area contributed by atoms with Gasteiger partial charge < -0.3 is 40.2 Å². The second-order valence-electron chi connectivity index (χ2n) is 18.8. The molecule has 6 heterocycles. The second kappa shape index (κ2) is 18.8. The van der Waals surface area contributed by atoms with E-state index >= 15 is 0 Å². The molecule has 354 valence electrons. The van der Waals surface area contributed by atoms with E-state index in [4.69, 9.17) is 24.2 Å². The van der Waals surface area contributed by atoms with E-state index in [0.29, 0.717) is 57.9 Å². The topological polar surface area (TPSA) is 219 Å². The largest absolute Gasteiger partial charge is 0.497 e. The van der Waals surface area contributed by atoms with E-state index in [2.05, 4.69) is 16.0 Å². The van der Waals surface area contributed by atoms with Gasteiger partial charge in [0.1, 0.15) is 47.0 Å². The number of anilines is 1. The Morgan fingerprint density at radius 2 is 1.88 bits per heavy atom. The average Bonchev–Trinajstić information content (AvgIpc) is 3.73. The molecule has 4 aromatic rings. The highest BCUT2D eigenvalue weighted by atomic mass is 32.2. The number of allylic oxidation sites excluding steroid dienone is 1. The maximum atomic E-state index is 15.0. The molecule has 20 heteroatoms. The van der Waals surface area contributed by atoms with Gasteiger partial charge >= 0.3 is 12.1 Å². The standard InChI is InChI=1S/C46H57N7O10S3/c1-26(2)47-43-49-34(25-65-43)33-20-36(30-15-14-28(61-6)18-32(30)48-33)62-29-19-35-40(54)51-46(42(56)57)21-27(46)12-10-8-7-9-11-13-31(41(55)53(35)22-29)50-44(58)63-39(45(3,4)5)24-52-23-37-38(16-17-64-37)66(52,59)60/h10,12,14-18,20,25-27,29,31,35,39H,7-9,11,13,19,21-24H2,1-6H3,(H,47,49)(H,50,58)(H,51,54)(H,56,57)/t27?,29-,31+,35+,39-,46-/m1/s1. The van der Waals surface area contributed by atoms with Gasteiger partial charge in [-0.1, -0.05) is 45.8 Å². The lowest BCUT2D eigenvalue weighted by Gasteiger charge is -2.34. The van der Waals surface area contributed by atoms with Crippen LogP contribution in [0.1, 0.15) is 84.4 Å². The first kappa shape index (κ1) is 47.2. The number of rotatable bonds is 11. The second-order valence-corrected chi connectivity index (χ2v) is 22.6. The van der Waals surface area contributed by atoms with Crippen molar-refractivity contribution in [3.8, 4) is 22.9 Å². The Kier molecular flexibility index (Phi) is 13.4. The van der Waals surface area contributed by atoms with Crippen LogP contribution in [-0.4, -0.2) is 113 Å². The van der Waals surface area contributed by atoms with Gasteiger partial charge in [-0.05, 0) is 63.1 Å². The summed E-state index contributed by atoms with van der Waals surface area (Å²) in [5.74, 6) is -1.76. The number of sulfonamides is 1. The van der Waals surface area contributed by atoms with Crippen molar-refractivity contribution in [2.75, 3.05) is 25.5 Å². The van der Waals surface area contributed by atoms with Crippen molar-refractivity contribution in [3.63, 3.8) is 0 Å². The molecular weight excluding hydrogens is 907 g/mol. The van der Waals surface area contributed by atoms with Gasteiger partial charge in [0.2, 0.25) is 21.8 Å². The molecule has 1 saturated carbocycles. The summed E-state index contributed by atoms with van der Waals surface area (Å²) in [5.41, 5.74) is -0.496. The summed E-state index contributed by atoms with van der Waals surface area (Å²) in [6.07, 6.45) is 4.38. The number of aliphatic carboxylic acids is 1. The maximum Gasteiger partial charge on any atom is 0.408 e. The molecular formula is C46H57N7O10S3. The first-order chi connectivity index (χ1) is 31.4. The molecule has 66 heavy (non-hydrogen) atoms. The number of pyridine rings is 1. The molecule has 4 aliphatic rings. The minimum absolute atomic E-state index is 0.0152. The number of carbonyl (C=O) groups is 4. The van der Waals surface area contributed by atoms with Crippen molar-refractivity contribution in [1.29, 1.82) is 0 Å². The number of ether oxygens (including phenoxy) is 3. The summed E-state index contributed by atoms with van der Waals surface area (Å²) in [4.78, 5) is 68.1. The van der Waals surface area contributed by atoms with Crippen LogP contribution in [0.25, 0.3) is 22.3 Å².